The molecule has 25 heavy (non-hydrogen) atoms. The molecule has 1 saturated heterocycles. The average Bonchev–Trinajstić information content (AvgIpc) is 2.58. The van der Waals surface area contributed by atoms with Gasteiger partial charge in [0.1, 0.15) is 23.5 Å². The third-order valence-corrected chi connectivity index (χ3v) is 4.78. The first kappa shape index (κ1) is 17.2. The number of carbonyl (C=O) groups excluding carboxylic acids is 2. The van der Waals surface area contributed by atoms with Crippen LogP contribution in [0.25, 0.3) is 0 Å². The highest BCUT2D eigenvalue weighted by Crippen LogP contribution is 2.38. The zero-order chi connectivity index (χ0) is 18.3. The summed E-state index contributed by atoms with van der Waals surface area (Å²) in [6.07, 6.45) is 0.786. The van der Waals surface area contributed by atoms with Crippen LogP contribution in [0.2, 0.25) is 0 Å². The Morgan fingerprint density at radius 2 is 1.96 bits per heavy atom. The summed E-state index contributed by atoms with van der Waals surface area (Å²) in [5, 5.41) is 21.2. The molecule has 0 bridgehead atoms. The lowest BCUT2D eigenvalue weighted by atomic mass is 9.86. The number of halogens is 1. The lowest BCUT2D eigenvalue weighted by Gasteiger charge is -2.49. The van der Waals surface area contributed by atoms with E-state index in [0.717, 1.165) is 4.90 Å². The highest BCUT2D eigenvalue weighted by molar-refractivity contribution is 6.32. The Balaban J connectivity index is 1.71. The van der Waals surface area contributed by atoms with Gasteiger partial charge in [-0.15, -0.1) is 0 Å². The van der Waals surface area contributed by atoms with Crippen LogP contribution in [0, 0.1) is 0 Å². The van der Waals surface area contributed by atoms with Crippen molar-refractivity contribution in [2.45, 2.75) is 31.0 Å². The van der Waals surface area contributed by atoms with E-state index in [2.05, 4.69) is 5.32 Å². The minimum Gasteiger partial charge on any atom is -0.508 e. The van der Waals surface area contributed by atoms with Crippen molar-refractivity contribution < 1.29 is 24.6 Å². The number of aromatic hydroxyl groups is 1. The fourth-order valence-electron chi connectivity index (χ4n) is 3.09. The summed E-state index contributed by atoms with van der Waals surface area (Å²) in [5.41, 5.74) is 6.14. The maximum atomic E-state index is 12.3. The SMILES string of the molecule is N[C@@H](C(=O)N[C@H]1C(=O)N2C(C(=O)O)=C(Cl)CC[C@H]12)c1ccc(O)cc1. The van der Waals surface area contributed by atoms with Gasteiger partial charge in [-0.2, -0.15) is 0 Å². The molecule has 0 radical (unpaired) electrons. The fraction of sp³-hybridized carbons (Fsp3) is 0.312. The maximum Gasteiger partial charge on any atom is 0.353 e. The van der Waals surface area contributed by atoms with Crippen molar-refractivity contribution in [2.24, 2.45) is 5.73 Å². The molecule has 2 heterocycles. The number of phenols is 1. The van der Waals surface area contributed by atoms with E-state index in [-0.39, 0.29) is 16.5 Å². The summed E-state index contributed by atoms with van der Waals surface area (Å²) in [5.74, 6) is -2.30. The quantitative estimate of drug-likeness (QED) is 0.571. The molecule has 0 aromatic heterocycles. The van der Waals surface area contributed by atoms with E-state index in [4.69, 9.17) is 17.3 Å². The molecule has 5 N–H and O–H groups in total. The van der Waals surface area contributed by atoms with E-state index in [1.54, 1.807) is 0 Å². The lowest BCUT2D eigenvalue weighted by Crippen LogP contribution is -2.72. The average molecular weight is 366 g/mol. The number of allylic oxidation sites excluding steroid dienone is 1. The third-order valence-electron chi connectivity index (χ3n) is 4.41. The van der Waals surface area contributed by atoms with Crippen LogP contribution in [0.4, 0.5) is 0 Å². The van der Waals surface area contributed by atoms with Crippen molar-refractivity contribution in [3.05, 3.63) is 40.6 Å². The van der Waals surface area contributed by atoms with Gasteiger partial charge in [0.2, 0.25) is 5.91 Å². The second kappa shape index (κ2) is 6.38. The molecule has 0 unspecified atom stereocenters. The molecule has 8 nitrogen and oxygen atoms in total. The van der Waals surface area contributed by atoms with Gasteiger partial charge in [-0.25, -0.2) is 4.79 Å². The minimum absolute atomic E-state index is 0.0493. The molecule has 2 amide bonds. The Labute approximate surface area is 147 Å². The summed E-state index contributed by atoms with van der Waals surface area (Å²) in [4.78, 5) is 37.0. The molecule has 2 aliphatic heterocycles. The smallest absolute Gasteiger partial charge is 0.353 e. The van der Waals surface area contributed by atoms with Gasteiger partial charge in [0, 0.05) is 5.03 Å². The van der Waals surface area contributed by atoms with Crippen molar-refractivity contribution in [2.75, 3.05) is 0 Å². The molecule has 3 rings (SSSR count). The molecule has 0 spiro atoms. The minimum atomic E-state index is -1.27. The second-order valence-corrected chi connectivity index (χ2v) is 6.38. The number of benzene rings is 1. The van der Waals surface area contributed by atoms with Gasteiger partial charge in [-0.05, 0) is 30.5 Å². The van der Waals surface area contributed by atoms with Crippen LogP contribution >= 0.6 is 11.6 Å². The van der Waals surface area contributed by atoms with Crippen molar-refractivity contribution in [3.8, 4) is 5.75 Å². The number of amides is 2. The number of nitrogens with one attached hydrogen (secondary N) is 1. The number of carboxylic acids is 1. The Bertz CT molecular complexity index is 776. The Morgan fingerprint density at radius 1 is 1.32 bits per heavy atom. The van der Waals surface area contributed by atoms with Crippen LogP contribution in [0.3, 0.4) is 0 Å². The number of β-lactam (4-membered cyclic amide) rings is 1. The maximum absolute atomic E-state index is 12.3. The summed E-state index contributed by atoms with van der Waals surface area (Å²) in [6, 6.07) is 3.56. The van der Waals surface area contributed by atoms with E-state index in [1.165, 1.54) is 24.3 Å². The van der Waals surface area contributed by atoms with Crippen molar-refractivity contribution >= 4 is 29.4 Å². The molecular weight excluding hydrogens is 350 g/mol. The summed E-state index contributed by atoms with van der Waals surface area (Å²) < 4.78 is 0. The first-order valence-corrected chi connectivity index (χ1v) is 7.99. The molecule has 9 heteroatoms. The van der Waals surface area contributed by atoms with Crippen molar-refractivity contribution in [1.29, 1.82) is 0 Å². The highest BCUT2D eigenvalue weighted by atomic mass is 35.5. The lowest BCUT2D eigenvalue weighted by molar-refractivity contribution is -0.156. The molecule has 132 valence electrons. The zero-order valence-corrected chi connectivity index (χ0v) is 13.7. The topological polar surface area (TPSA) is 133 Å². The molecule has 2 aliphatic rings. The monoisotopic (exact) mass is 365 g/mol. The zero-order valence-electron chi connectivity index (χ0n) is 13.0. The van der Waals surface area contributed by atoms with Gasteiger partial charge < -0.3 is 21.3 Å². The van der Waals surface area contributed by atoms with Gasteiger partial charge in [-0.3, -0.25) is 14.5 Å². The van der Waals surface area contributed by atoms with Gasteiger partial charge in [0.05, 0.1) is 6.04 Å². The van der Waals surface area contributed by atoms with Gasteiger partial charge in [-0.1, -0.05) is 23.7 Å². The Morgan fingerprint density at radius 3 is 2.56 bits per heavy atom. The van der Waals surface area contributed by atoms with Crippen LogP contribution in [-0.4, -0.2) is 45.0 Å². The van der Waals surface area contributed by atoms with E-state index >= 15 is 0 Å². The molecule has 1 aromatic carbocycles. The number of nitrogens with two attached hydrogens (primary N) is 1. The summed E-state index contributed by atoms with van der Waals surface area (Å²) in [7, 11) is 0. The fourth-order valence-corrected chi connectivity index (χ4v) is 3.37. The number of hydrogen-bond donors (Lipinski definition) is 4. The predicted molar refractivity (Wildman–Crippen MR) is 87.3 cm³/mol. The molecule has 3 atom stereocenters. The van der Waals surface area contributed by atoms with E-state index in [9.17, 15) is 24.6 Å². The standard InChI is InChI=1S/C16H16ClN3O5/c17-9-5-6-10-12(15(23)20(10)13(9)16(24)25)19-14(22)11(18)7-1-3-8(21)4-2-7/h1-4,10-12,21H,5-6,18H2,(H,19,22)(H,24,25)/t10-,11-,12-/m1/s1. The van der Waals surface area contributed by atoms with Gasteiger partial charge in [0.25, 0.3) is 5.91 Å². The first-order valence-electron chi connectivity index (χ1n) is 7.61. The van der Waals surface area contributed by atoms with Crippen LogP contribution < -0.4 is 11.1 Å². The first-order chi connectivity index (χ1) is 11.8. The molecule has 1 fully saturated rings. The summed E-state index contributed by atoms with van der Waals surface area (Å²) in [6.45, 7) is 0. The van der Waals surface area contributed by atoms with Crippen molar-refractivity contribution in [3.63, 3.8) is 0 Å². The van der Waals surface area contributed by atoms with Gasteiger partial charge >= 0.3 is 5.97 Å². The number of carbonyl (C=O) groups is 3. The largest absolute Gasteiger partial charge is 0.508 e. The van der Waals surface area contributed by atoms with E-state index < -0.39 is 35.9 Å². The second-order valence-electron chi connectivity index (χ2n) is 5.93. The number of phenolic OH excluding ortho intramolecular Hbond substituents is 1. The number of carboxylic acid groups (broad SMARTS) is 1. The predicted octanol–water partition coefficient (Wildman–Crippen LogP) is 0.416. The Kier molecular flexibility index (Phi) is 4.40. The number of nitrogens with zero attached hydrogens (tertiary/aromatic N) is 1. The van der Waals surface area contributed by atoms with E-state index in [0.29, 0.717) is 18.4 Å². The molecular formula is C16H16ClN3O5. The number of rotatable bonds is 4. The van der Waals surface area contributed by atoms with Crippen LogP contribution in [0.15, 0.2) is 35.0 Å². The third kappa shape index (κ3) is 2.94. The molecule has 1 aromatic rings. The van der Waals surface area contributed by atoms with Crippen LogP contribution in [0.1, 0.15) is 24.4 Å². The van der Waals surface area contributed by atoms with Crippen LogP contribution in [-0.2, 0) is 14.4 Å². The number of aliphatic carboxylic acids is 1. The normalized spacial score (nSPS) is 23.6. The number of hydrogen-bond acceptors (Lipinski definition) is 5. The van der Waals surface area contributed by atoms with E-state index in [1.807, 2.05) is 0 Å². The number of fused-ring (bicyclic) bond motifs is 1. The van der Waals surface area contributed by atoms with Gasteiger partial charge in [0.15, 0.2) is 0 Å². The molecule has 0 saturated carbocycles. The Hall–Kier alpha value is -2.58. The van der Waals surface area contributed by atoms with Crippen LogP contribution in [0.5, 0.6) is 5.75 Å². The molecule has 0 aliphatic carbocycles. The van der Waals surface area contributed by atoms with Crippen molar-refractivity contribution in [1.82, 2.24) is 10.2 Å². The summed E-state index contributed by atoms with van der Waals surface area (Å²) >= 11 is 5.91. The highest BCUT2D eigenvalue weighted by Gasteiger charge is 2.53.